The van der Waals surface area contributed by atoms with Gasteiger partial charge in [0.05, 0.1) is 6.10 Å². The lowest BCUT2D eigenvalue weighted by atomic mass is 9.80. The zero-order chi connectivity index (χ0) is 8.65. The molecule has 0 aromatic rings. The topological polar surface area (TPSA) is 20.2 Å². The summed E-state index contributed by atoms with van der Waals surface area (Å²) in [7, 11) is 0. The summed E-state index contributed by atoms with van der Waals surface area (Å²) < 4.78 is 12.8. The fourth-order valence-corrected chi connectivity index (χ4v) is 1.67. The van der Waals surface area contributed by atoms with E-state index in [1.165, 1.54) is 0 Å². The van der Waals surface area contributed by atoms with Gasteiger partial charge in [0.15, 0.2) is 0 Å². The van der Waals surface area contributed by atoms with Gasteiger partial charge in [-0.2, -0.15) is 0 Å². The Morgan fingerprint density at radius 3 is 2.00 bits per heavy atom. The molecule has 2 heteroatoms. The molecule has 66 valence electrons. The second-order valence-corrected chi connectivity index (χ2v) is 4.62. The van der Waals surface area contributed by atoms with E-state index in [4.69, 9.17) is 5.11 Å². The van der Waals surface area contributed by atoms with Crippen LogP contribution in [-0.4, -0.2) is 17.4 Å². The van der Waals surface area contributed by atoms with Gasteiger partial charge in [-0.25, -0.2) is 4.39 Å². The highest BCUT2D eigenvalue weighted by atomic mass is 19.1. The van der Waals surface area contributed by atoms with E-state index >= 15 is 0 Å². The van der Waals surface area contributed by atoms with Gasteiger partial charge >= 0.3 is 0 Å². The van der Waals surface area contributed by atoms with Crippen LogP contribution < -0.4 is 0 Å². The van der Waals surface area contributed by atoms with E-state index in [1.807, 2.05) is 0 Å². The number of hydrogen-bond donors (Lipinski definition) is 1. The zero-order valence-electron chi connectivity index (χ0n) is 7.47. The van der Waals surface area contributed by atoms with Crippen molar-refractivity contribution in [3.8, 4) is 0 Å². The van der Waals surface area contributed by atoms with Gasteiger partial charge in [0, 0.05) is 0 Å². The lowest BCUT2D eigenvalue weighted by Crippen LogP contribution is -2.18. The monoisotopic (exact) mass is 160 g/mol. The quantitative estimate of drug-likeness (QED) is 0.575. The Morgan fingerprint density at radius 2 is 1.82 bits per heavy atom. The number of aliphatic hydroxyl groups excluding tert-OH is 1. The van der Waals surface area contributed by atoms with Gasteiger partial charge in [0.1, 0.15) is 6.17 Å². The second-order valence-electron chi connectivity index (χ2n) is 4.62. The van der Waals surface area contributed by atoms with Gasteiger partial charge in [-0.3, -0.25) is 0 Å². The number of aliphatic hydroxyl groups is 1. The molecule has 11 heavy (non-hydrogen) atoms. The van der Waals surface area contributed by atoms with E-state index in [1.54, 1.807) is 0 Å². The van der Waals surface area contributed by atoms with Gasteiger partial charge in [0.2, 0.25) is 0 Å². The molecule has 1 N–H and O–H groups in total. The van der Waals surface area contributed by atoms with E-state index in [2.05, 4.69) is 20.8 Å². The Labute approximate surface area is 67.6 Å². The van der Waals surface area contributed by atoms with Crippen LogP contribution in [0, 0.1) is 11.3 Å². The zero-order valence-corrected chi connectivity index (χ0v) is 7.47. The van der Waals surface area contributed by atoms with Crippen LogP contribution in [-0.2, 0) is 0 Å². The first-order valence-electron chi connectivity index (χ1n) is 4.23. The Bertz CT molecular complexity index is 129. The Balaban J connectivity index is 2.54. The van der Waals surface area contributed by atoms with Crippen LogP contribution in [0.1, 0.15) is 33.6 Å². The highest BCUT2D eigenvalue weighted by Crippen LogP contribution is 2.40. The molecule has 0 spiro atoms. The van der Waals surface area contributed by atoms with E-state index in [-0.39, 0.29) is 5.41 Å². The van der Waals surface area contributed by atoms with Crippen LogP contribution in [0.2, 0.25) is 0 Å². The molecule has 0 heterocycles. The fraction of sp³-hybridized carbons (Fsp3) is 1.00. The van der Waals surface area contributed by atoms with E-state index < -0.39 is 12.3 Å². The number of rotatable bonds is 0. The summed E-state index contributed by atoms with van der Waals surface area (Å²) in [6.07, 6.45) is -0.534. The molecule has 0 aromatic carbocycles. The average Bonchev–Trinajstić information content (AvgIpc) is 2.11. The largest absolute Gasteiger partial charge is 0.390 e. The lowest BCUT2D eigenvalue weighted by Gasteiger charge is -2.26. The normalized spacial score (nSPS) is 39.5. The average molecular weight is 160 g/mol. The second kappa shape index (κ2) is 2.74. The minimum Gasteiger partial charge on any atom is -0.390 e. The summed E-state index contributed by atoms with van der Waals surface area (Å²) in [6.45, 7) is 6.30. The van der Waals surface area contributed by atoms with Crippen molar-refractivity contribution in [2.75, 3.05) is 0 Å². The summed E-state index contributed by atoms with van der Waals surface area (Å²) in [5, 5.41) is 9.16. The van der Waals surface area contributed by atoms with Crippen molar-refractivity contribution in [3.63, 3.8) is 0 Å². The van der Waals surface area contributed by atoms with Crippen molar-refractivity contribution in [1.82, 2.24) is 0 Å². The third-order valence-electron chi connectivity index (χ3n) is 2.68. The van der Waals surface area contributed by atoms with Gasteiger partial charge in [0.25, 0.3) is 0 Å². The third-order valence-corrected chi connectivity index (χ3v) is 2.68. The molecule has 0 aromatic heterocycles. The Hall–Kier alpha value is -0.110. The molecule has 2 unspecified atom stereocenters. The first-order valence-corrected chi connectivity index (χ1v) is 4.23. The molecule has 1 nitrogen and oxygen atoms in total. The molecule has 1 fully saturated rings. The molecule has 3 atom stereocenters. The third kappa shape index (κ3) is 1.92. The summed E-state index contributed by atoms with van der Waals surface area (Å²) in [4.78, 5) is 0. The van der Waals surface area contributed by atoms with Crippen molar-refractivity contribution >= 4 is 0 Å². The molecule has 0 bridgehead atoms. The first-order chi connectivity index (χ1) is 4.91. The molecule has 1 aliphatic carbocycles. The maximum absolute atomic E-state index is 12.8. The van der Waals surface area contributed by atoms with Crippen molar-refractivity contribution < 1.29 is 9.50 Å². The molecule has 0 aliphatic heterocycles. The number of halogens is 1. The molecular weight excluding hydrogens is 143 g/mol. The highest BCUT2D eigenvalue weighted by Gasteiger charge is 2.38. The van der Waals surface area contributed by atoms with Crippen LogP contribution in [0.5, 0.6) is 0 Å². The Morgan fingerprint density at radius 1 is 1.27 bits per heavy atom. The van der Waals surface area contributed by atoms with Crippen molar-refractivity contribution in [3.05, 3.63) is 0 Å². The number of hydrogen-bond acceptors (Lipinski definition) is 1. The molecule has 0 amide bonds. The van der Waals surface area contributed by atoms with Crippen molar-refractivity contribution in [2.24, 2.45) is 11.3 Å². The predicted molar refractivity (Wildman–Crippen MR) is 43.1 cm³/mol. The molecule has 1 aliphatic rings. The minimum absolute atomic E-state index is 0.141. The Kier molecular flexibility index (Phi) is 2.24. The van der Waals surface area contributed by atoms with Crippen LogP contribution >= 0.6 is 0 Å². The van der Waals surface area contributed by atoms with Crippen LogP contribution in [0.4, 0.5) is 4.39 Å². The molecular formula is C9H17FO. The first kappa shape index (κ1) is 8.98. The predicted octanol–water partition coefficient (Wildman–Crippen LogP) is 2.14. The highest BCUT2D eigenvalue weighted by molar-refractivity contribution is 4.88. The van der Waals surface area contributed by atoms with Gasteiger partial charge in [-0.1, -0.05) is 20.8 Å². The van der Waals surface area contributed by atoms with Gasteiger partial charge < -0.3 is 5.11 Å². The van der Waals surface area contributed by atoms with Gasteiger partial charge in [-0.15, -0.1) is 0 Å². The van der Waals surface area contributed by atoms with Crippen LogP contribution in [0.25, 0.3) is 0 Å². The standard InChI is InChI=1S/C9H17FO/c1-9(2,3)6-4-7(10)8(11)5-6/h6-8,11H,4-5H2,1-3H3/t6-,7?,8?/m0/s1. The molecule has 0 saturated heterocycles. The number of alkyl halides is 1. The summed E-state index contributed by atoms with van der Waals surface area (Å²) in [6, 6.07) is 0. The van der Waals surface area contributed by atoms with Crippen molar-refractivity contribution in [2.45, 2.75) is 45.9 Å². The summed E-state index contributed by atoms with van der Waals surface area (Å²) in [5.74, 6) is 0.340. The summed E-state index contributed by atoms with van der Waals surface area (Å²) >= 11 is 0. The van der Waals surface area contributed by atoms with E-state index in [0.29, 0.717) is 18.8 Å². The minimum atomic E-state index is -0.987. The SMILES string of the molecule is CC(C)(C)[C@@H]1CC(O)C(F)C1. The maximum Gasteiger partial charge on any atom is 0.126 e. The fourth-order valence-electron chi connectivity index (χ4n) is 1.67. The van der Waals surface area contributed by atoms with E-state index in [0.717, 1.165) is 0 Å². The van der Waals surface area contributed by atoms with Crippen LogP contribution in [0.3, 0.4) is 0 Å². The van der Waals surface area contributed by atoms with Crippen molar-refractivity contribution in [1.29, 1.82) is 0 Å². The molecule has 1 rings (SSSR count). The smallest absolute Gasteiger partial charge is 0.126 e. The van der Waals surface area contributed by atoms with E-state index in [9.17, 15) is 4.39 Å². The van der Waals surface area contributed by atoms with Gasteiger partial charge in [-0.05, 0) is 24.2 Å². The summed E-state index contributed by atoms with van der Waals surface area (Å²) in [5.41, 5.74) is 0.141. The van der Waals surface area contributed by atoms with Crippen LogP contribution in [0.15, 0.2) is 0 Å². The molecule has 0 radical (unpaired) electrons. The molecule has 1 saturated carbocycles. The maximum atomic E-state index is 12.8. The lowest BCUT2D eigenvalue weighted by molar-refractivity contribution is 0.101.